The second kappa shape index (κ2) is 7.18. The van der Waals surface area contributed by atoms with Gasteiger partial charge >= 0.3 is 0 Å². The fourth-order valence-electron chi connectivity index (χ4n) is 2.09. The molecule has 0 aliphatic carbocycles. The van der Waals surface area contributed by atoms with Crippen LogP contribution in [0.15, 0.2) is 46.9 Å². The van der Waals surface area contributed by atoms with Gasteiger partial charge in [-0.1, -0.05) is 24.3 Å². The Hall–Kier alpha value is -2.14. The van der Waals surface area contributed by atoms with Gasteiger partial charge in [0.25, 0.3) is 0 Å². The molecule has 0 heterocycles. The Morgan fingerprint density at radius 3 is 2.08 bits per heavy atom. The topological polar surface area (TPSA) is 58.2 Å². The highest BCUT2D eigenvalue weighted by Gasteiger charge is 2.36. The number of carbonyl (C=O) groups excluding carboxylic acids is 2. The van der Waals surface area contributed by atoms with Gasteiger partial charge in [-0.15, -0.1) is 0 Å². The van der Waals surface area contributed by atoms with Crippen LogP contribution in [0.2, 0.25) is 0 Å². The Morgan fingerprint density at radius 1 is 0.917 bits per heavy atom. The van der Waals surface area contributed by atoms with E-state index >= 15 is 0 Å². The number of benzene rings is 2. The minimum atomic E-state index is -1.22. The number of anilines is 2. The number of aryl methyl sites for hydroxylation is 2. The van der Waals surface area contributed by atoms with Crippen molar-refractivity contribution >= 4 is 39.1 Å². The summed E-state index contributed by atoms with van der Waals surface area (Å²) < 4.78 is 0.783. The van der Waals surface area contributed by atoms with E-state index in [-0.39, 0.29) is 11.8 Å². The Morgan fingerprint density at radius 2 is 1.50 bits per heavy atom. The highest BCUT2D eigenvalue weighted by Crippen LogP contribution is 2.27. The number of hydrogen-bond acceptors (Lipinski definition) is 2. The molecule has 0 unspecified atom stereocenters. The van der Waals surface area contributed by atoms with E-state index in [1.165, 1.54) is 0 Å². The van der Waals surface area contributed by atoms with Crippen LogP contribution in [0.5, 0.6) is 0 Å². The Kier molecular flexibility index (Phi) is 5.44. The zero-order valence-corrected chi connectivity index (χ0v) is 15.8. The minimum absolute atomic E-state index is 0.350. The summed E-state index contributed by atoms with van der Waals surface area (Å²) in [7, 11) is 0. The van der Waals surface area contributed by atoms with Gasteiger partial charge < -0.3 is 10.6 Å². The molecule has 2 amide bonds. The van der Waals surface area contributed by atoms with Gasteiger partial charge in [-0.25, -0.2) is 0 Å². The summed E-state index contributed by atoms with van der Waals surface area (Å²) in [5.41, 5.74) is 2.16. The molecule has 0 saturated carbocycles. The lowest BCUT2D eigenvalue weighted by Gasteiger charge is -2.23. The van der Waals surface area contributed by atoms with Crippen molar-refractivity contribution in [3.8, 4) is 0 Å². The molecule has 0 aliphatic rings. The van der Waals surface area contributed by atoms with E-state index in [1.54, 1.807) is 13.8 Å². The maximum Gasteiger partial charge on any atom is 0.239 e. The average Bonchev–Trinajstić information content (AvgIpc) is 2.52. The predicted octanol–water partition coefficient (Wildman–Crippen LogP) is 4.67. The van der Waals surface area contributed by atoms with E-state index < -0.39 is 5.41 Å². The molecule has 0 radical (unpaired) electrons. The predicted molar refractivity (Wildman–Crippen MR) is 101 cm³/mol. The molecule has 126 valence electrons. The van der Waals surface area contributed by atoms with Gasteiger partial charge in [0.15, 0.2) is 0 Å². The summed E-state index contributed by atoms with van der Waals surface area (Å²) in [5.74, 6) is -0.712. The van der Waals surface area contributed by atoms with Crippen LogP contribution < -0.4 is 10.6 Å². The first-order chi connectivity index (χ1) is 11.2. The van der Waals surface area contributed by atoms with Gasteiger partial charge in [0.1, 0.15) is 5.41 Å². The Labute approximate surface area is 150 Å². The standard InChI is InChI=1S/C19H21BrN2O2/c1-12-9-10-16(14(20)11-12)22-18(24)19(3,4)17(23)21-15-8-6-5-7-13(15)2/h5-11H,1-4H3,(H,21,23)(H,22,24). The fourth-order valence-corrected chi connectivity index (χ4v) is 2.69. The van der Waals surface area contributed by atoms with Gasteiger partial charge in [-0.3, -0.25) is 9.59 Å². The second-order valence-electron chi connectivity index (χ2n) is 6.33. The largest absolute Gasteiger partial charge is 0.325 e. The van der Waals surface area contributed by atoms with Crippen LogP contribution in [-0.4, -0.2) is 11.8 Å². The van der Waals surface area contributed by atoms with Gasteiger partial charge in [-0.05, 0) is 73.0 Å². The third-order valence-electron chi connectivity index (χ3n) is 3.90. The van der Waals surface area contributed by atoms with Crippen molar-refractivity contribution in [3.05, 3.63) is 58.1 Å². The van der Waals surface area contributed by atoms with Gasteiger partial charge in [0, 0.05) is 10.2 Å². The van der Waals surface area contributed by atoms with Gasteiger partial charge in [0.2, 0.25) is 11.8 Å². The molecule has 2 rings (SSSR count). The number of carbonyl (C=O) groups is 2. The quantitative estimate of drug-likeness (QED) is 0.747. The van der Waals surface area contributed by atoms with Crippen LogP contribution in [0.25, 0.3) is 0 Å². The number of amides is 2. The maximum absolute atomic E-state index is 12.6. The molecule has 4 nitrogen and oxygen atoms in total. The van der Waals surface area contributed by atoms with Crippen molar-refractivity contribution in [3.63, 3.8) is 0 Å². The molecule has 5 heteroatoms. The van der Waals surface area contributed by atoms with Crippen LogP contribution in [0.3, 0.4) is 0 Å². The smallest absolute Gasteiger partial charge is 0.239 e. The van der Waals surface area contributed by atoms with E-state index in [9.17, 15) is 9.59 Å². The average molecular weight is 389 g/mol. The first-order valence-electron chi connectivity index (χ1n) is 7.66. The first kappa shape index (κ1) is 18.2. The van der Waals surface area contributed by atoms with Crippen LogP contribution in [0.4, 0.5) is 11.4 Å². The summed E-state index contributed by atoms with van der Waals surface area (Å²) >= 11 is 3.43. The molecule has 0 spiro atoms. The molecule has 0 aromatic heterocycles. The lowest BCUT2D eigenvalue weighted by atomic mass is 9.90. The normalized spacial score (nSPS) is 11.0. The van der Waals surface area contributed by atoms with Crippen LogP contribution >= 0.6 is 15.9 Å². The number of para-hydroxylation sites is 1. The molecule has 0 fully saturated rings. The number of nitrogens with one attached hydrogen (secondary N) is 2. The number of hydrogen-bond donors (Lipinski definition) is 2. The summed E-state index contributed by atoms with van der Waals surface area (Å²) in [6.07, 6.45) is 0. The van der Waals surface area contributed by atoms with Crippen molar-refractivity contribution in [2.24, 2.45) is 5.41 Å². The molecule has 2 aromatic rings. The van der Waals surface area contributed by atoms with Gasteiger partial charge in [-0.2, -0.15) is 0 Å². The van der Waals surface area contributed by atoms with E-state index in [1.807, 2.05) is 56.3 Å². The highest BCUT2D eigenvalue weighted by molar-refractivity contribution is 9.10. The summed E-state index contributed by atoms with van der Waals surface area (Å²) in [4.78, 5) is 25.2. The molecular formula is C19H21BrN2O2. The molecule has 0 saturated heterocycles. The lowest BCUT2D eigenvalue weighted by molar-refractivity contribution is -0.135. The zero-order chi connectivity index (χ0) is 17.9. The van der Waals surface area contributed by atoms with Crippen molar-refractivity contribution in [1.29, 1.82) is 0 Å². The number of halogens is 1. The molecular weight excluding hydrogens is 368 g/mol. The second-order valence-corrected chi connectivity index (χ2v) is 7.19. The van der Waals surface area contributed by atoms with E-state index in [2.05, 4.69) is 26.6 Å². The lowest BCUT2D eigenvalue weighted by Crippen LogP contribution is -2.41. The van der Waals surface area contributed by atoms with Crippen molar-refractivity contribution in [1.82, 2.24) is 0 Å². The third-order valence-corrected chi connectivity index (χ3v) is 4.56. The Bertz CT molecular complexity index is 785. The van der Waals surface area contributed by atoms with Crippen molar-refractivity contribution in [2.75, 3.05) is 10.6 Å². The van der Waals surface area contributed by atoms with Crippen molar-refractivity contribution < 1.29 is 9.59 Å². The first-order valence-corrected chi connectivity index (χ1v) is 8.46. The SMILES string of the molecule is Cc1ccc(NC(=O)C(C)(C)C(=O)Nc2ccccc2C)c(Br)c1. The van der Waals surface area contributed by atoms with Crippen LogP contribution in [0, 0.1) is 19.3 Å². The van der Waals surface area contributed by atoms with E-state index in [0.717, 1.165) is 15.6 Å². The van der Waals surface area contributed by atoms with Crippen LogP contribution in [-0.2, 0) is 9.59 Å². The molecule has 2 N–H and O–H groups in total. The summed E-state index contributed by atoms with van der Waals surface area (Å²) in [6.45, 7) is 7.10. The highest BCUT2D eigenvalue weighted by atomic mass is 79.9. The summed E-state index contributed by atoms with van der Waals surface area (Å²) in [5, 5.41) is 5.64. The minimum Gasteiger partial charge on any atom is -0.325 e. The summed E-state index contributed by atoms with van der Waals surface area (Å²) in [6, 6.07) is 13.1. The van der Waals surface area contributed by atoms with E-state index in [0.29, 0.717) is 11.4 Å². The molecule has 0 bridgehead atoms. The fraction of sp³-hybridized carbons (Fsp3) is 0.263. The monoisotopic (exact) mass is 388 g/mol. The molecule has 24 heavy (non-hydrogen) atoms. The number of rotatable bonds is 4. The van der Waals surface area contributed by atoms with Gasteiger partial charge in [0.05, 0.1) is 5.69 Å². The Balaban J connectivity index is 2.14. The van der Waals surface area contributed by atoms with Crippen molar-refractivity contribution in [2.45, 2.75) is 27.7 Å². The van der Waals surface area contributed by atoms with E-state index in [4.69, 9.17) is 0 Å². The van der Waals surface area contributed by atoms with Crippen LogP contribution in [0.1, 0.15) is 25.0 Å². The maximum atomic E-state index is 12.6. The molecule has 0 aliphatic heterocycles. The molecule has 0 atom stereocenters. The molecule has 2 aromatic carbocycles. The third kappa shape index (κ3) is 4.03. The zero-order valence-electron chi connectivity index (χ0n) is 14.2.